The van der Waals surface area contributed by atoms with E-state index in [1.165, 1.54) is 0 Å². The van der Waals surface area contributed by atoms with Gasteiger partial charge in [0.25, 0.3) is 0 Å². The molecule has 7 heteroatoms. The molecular formula is CH5Cl2N2OPS. The monoisotopic (exact) mass is 194 g/mol. The molecule has 0 unspecified atom stereocenters. The zero-order chi connectivity index (χ0) is 6.78. The number of hydrogen-bond acceptors (Lipinski definition) is 2. The molecule has 0 aromatic heterocycles. The van der Waals surface area contributed by atoms with E-state index in [2.05, 4.69) is 16.3 Å². The molecular weight excluding hydrogens is 190 g/mol. The van der Waals surface area contributed by atoms with Gasteiger partial charge in [0.1, 0.15) is 0 Å². The first kappa shape index (κ1) is 9.11. The minimum Gasteiger partial charge on any atom is -0.293 e. The molecule has 8 heavy (non-hydrogen) atoms. The molecule has 0 bridgehead atoms. The average molecular weight is 195 g/mol. The maximum Gasteiger partial charge on any atom is 0.213 e. The molecule has 0 aliphatic rings. The third kappa shape index (κ3) is 7.11. The van der Waals surface area contributed by atoms with Gasteiger partial charge in [-0.2, -0.15) is 0 Å². The van der Waals surface area contributed by atoms with E-state index in [1.807, 2.05) is 0 Å². The molecule has 0 radical (unpaired) electrons. The van der Waals surface area contributed by atoms with E-state index in [0.717, 1.165) is 0 Å². The standard InChI is InChI=1S/CH5Cl2N2OPS/c2-1(3)6-7(4,5)8/h1H,(H4,4,5,8). The van der Waals surface area contributed by atoms with Crippen LogP contribution in [0.3, 0.4) is 0 Å². The van der Waals surface area contributed by atoms with Gasteiger partial charge in [0, 0.05) is 0 Å². The van der Waals surface area contributed by atoms with Crippen LogP contribution in [-0.4, -0.2) is 5.02 Å². The minimum atomic E-state index is -2.65. The molecule has 0 aromatic rings. The Bertz CT molecular complexity index is 113. The van der Waals surface area contributed by atoms with Crippen LogP contribution in [-0.2, 0) is 16.3 Å². The number of alkyl halides is 2. The summed E-state index contributed by atoms with van der Waals surface area (Å²) in [5.74, 6) is 0. The predicted molar refractivity (Wildman–Crippen MR) is 39.2 cm³/mol. The molecule has 0 aliphatic heterocycles. The molecule has 0 rings (SSSR count). The number of nitrogens with two attached hydrogens (primary N) is 2. The predicted octanol–water partition coefficient (Wildman–Crippen LogP) is 0.906. The van der Waals surface area contributed by atoms with E-state index in [4.69, 9.17) is 34.2 Å². The van der Waals surface area contributed by atoms with Crippen LogP contribution >= 0.6 is 29.8 Å². The van der Waals surface area contributed by atoms with Gasteiger partial charge in [-0.1, -0.05) is 23.2 Å². The Morgan fingerprint density at radius 1 is 1.50 bits per heavy atom. The van der Waals surface area contributed by atoms with Crippen LogP contribution in [0.5, 0.6) is 0 Å². The van der Waals surface area contributed by atoms with Crippen molar-refractivity contribution in [2.45, 2.75) is 5.02 Å². The van der Waals surface area contributed by atoms with E-state index in [9.17, 15) is 0 Å². The van der Waals surface area contributed by atoms with Crippen molar-refractivity contribution in [1.82, 2.24) is 0 Å². The van der Waals surface area contributed by atoms with Crippen LogP contribution in [0.4, 0.5) is 0 Å². The summed E-state index contributed by atoms with van der Waals surface area (Å²) < 4.78 is 4.45. The zero-order valence-corrected chi connectivity index (χ0v) is 6.97. The van der Waals surface area contributed by atoms with Gasteiger partial charge < -0.3 is 0 Å². The van der Waals surface area contributed by atoms with Crippen LogP contribution in [0.25, 0.3) is 0 Å². The van der Waals surface area contributed by atoms with E-state index >= 15 is 0 Å². The lowest BCUT2D eigenvalue weighted by molar-refractivity contribution is 0.393. The summed E-state index contributed by atoms with van der Waals surface area (Å²) in [5, 5.41) is -1.02. The third-order valence-electron chi connectivity index (χ3n) is 0.244. The van der Waals surface area contributed by atoms with Crippen LogP contribution in [0.2, 0.25) is 0 Å². The van der Waals surface area contributed by atoms with Crippen LogP contribution in [0.1, 0.15) is 0 Å². The maximum atomic E-state index is 5.11. The summed E-state index contributed by atoms with van der Waals surface area (Å²) in [6.45, 7) is -2.65. The summed E-state index contributed by atoms with van der Waals surface area (Å²) in [6.07, 6.45) is 0. The molecule has 50 valence electrons. The highest BCUT2D eigenvalue weighted by molar-refractivity contribution is 8.10. The smallest absolute Gasteiger partial charge is 0.213 e. The highest BCUT2D eigenvalue weighted by Gasteiger charge is 2.07. The Balaban J connectivity index is 3.56. The Morgan fingerprint density at radius 3 is 1.88 bits per heavy atom. The first-order valence-corrected chi connectivity index (χ1v) is 5.29. The SMILES string of the molecule is NP(N)(=S)OC(Cl)Cl. The van der Waals surface area contributed by atoms with Crippen LogP contribution in [0.15, 0.2) is 0 Å². The Labute approximate surface area is 62.5 Å². The quantitative estimate of drug-likeness (QED) is 0.507. The second kappa shape index (κ2) is 3.32. The lowest BCUT2D eigenvalue weighted by Gasteiger charge is -2.10. The molecule has 0 heterocycles. The van der Waals surface area contributed by atoms with Crippen molar-refractivity contribution < 1.29 is 4.52 Å². The molecule has 0 fully saturated rings. The van der Waals surface area contributed by atoms with Crippen molar-refractivity contribution in [1.29, 1.82) is 0 Å². The molecule has 0 aliphatic carbocycles. The molecule has 0 aromatic carbocycles. The van der Waals surface area contributed by atoms with Crippen molar-refractivity contribution >= 4 is 41.6 Å². The normalized spacial score (nSPS) is 12.6. The molecule has 0 saturated heterocycles. The average Bonchev–Trinajstić information content (AvgIpc) is 1.21. The second-order valence-corrected chi connectivity index (χ2v) is 5.24. The van der Waals surface area contributed by atoms with Gasteiger partial charge in [0.2, 0.25) is 5.02 Å². The summed E-state index contributed by atoms with van der Waals surface area (Å²) >= 11 is 14.7. The largest absolute Gasteiger partial charge is 0.293 e. The van der Waals surface area contributed by atoms with Crippen molar-refractivity contribution in [2.24, 2.45) is 11.0 Å². The van der Waals surface area contributed by atoms with Gasteiger partial charge in [-0.3, -0.25) is 15.5 Å². The summed E-state index contributed by atoms with van der Waals surface area (Å²) in [5.41, 5.74) is 10.1. The first-order valence-electron chi connectivity index (χ1n) is 1.55. The number of hydrogen-bond donors (Lipinski definition) is 2. The lowest BCUT2D eigenvalue weighted by Crippen LogP contribution is -2.09. The molecule has 0 amide bonds. The van der Waals surface area contributed by atoms with Gasteiger partial charge in [0.15, 0.2) is 6.57 Å². The fourth-order valence-corrected chi connectivity index (χ4v) is 1.71. The third-order valence-corrected chi connectivity index (χ3v) is 1.47. The topological polar surface area (TPSA) is 61.3 Å². The second-order valence-electron chi connectivity index (χ2n) is 1.01. The molecule has 0 atom stereocenters. The summed E-state index contributed by atoms with van der Waals surface area (Å²) in [4.78, 5) is 0. The Kier molecular flexibility index (Phi) is 3.78. The summed E-state index contributed by atoms with van der Waals surface area (Å²) in [6, 6.07) is 0. The fourth-order valence-electron chi connectivity index (χ4n) is 0.125. The fraction of sp³-hybridized carbons (Fsp3) is 1.00. The van der Waals surface area contributed by atoms with E-state index in [0.29, 0.717) is 0 Å². The van der Waals surface area contributed by atoms with Crippen LogP contribution in [0, 0.1) is 0 Å². The van der Waals surface area contributed by atoms with Crippen molar-refractivity contribution in [3.05, 3.63) is 0 Å². The Hall–Kier alpha value is 1.11. The van der Waals surface area contributed by atoms with Gasteiger partial charge in [-0.15, -0.1) is 0 Å². The molecule has 0 saturated carbocycles. The minimum absolute atomic E-state index is 1.02. The lowest BCUT2D eigenvalue weighted by atomic mass is 11.7. The number of rotatable bonds is 2. The van der Waals surface area contributed by atoms with Gasteiger partial charge >= 0.3 is 0 Å². The zero-order valence-electron chi connectivity index (χ0n) is 3.75. The number of halogens is 2. The maximum absolute atomic E-state index is 5.11. The highest BCUT2D eigenvalue weighted by atomic mass is 35.5. The van der Waals surface area contributed by atoms with E-state index in [1.54, 1.807) is 0 Å². The van der Waals surface area contributed by atoms with E-state index < -0.39 is 11.6 Å². The van der Waals surface area contributed by atoms with Crippen molar-refractivity contribution in [2.75, 3.05) is 0 Å². The van der Waals surface area contributed by atoms with Crippen molar-refractivity contribution in [3.63, 3.8) is 0 Å². The van der Waals surface area contributed by atoms with Crippen molar-refractivity contribution in [3.8, 4) is 0 Å². The molecule has 3 nitrogen and oxygen atoms in total. The van der Waals surface area contributed by atoms with Gasteiger partial charge in [-0.05, 0) is 11.8 Å². The first-order chi connectivity index (χ1) is 3.42. The van der Waals surface area contributed by atoms with Gasteiger partial charge in [-0.25, -0.2) is 0 Å². The highest BCUT2D eigenvalue weighted by Crippen LogP contribution is 2.31. The van der Waals surface area contributed by atoms with Gasteiger partial charge in [0.05, 0.1) is 0 Å². The van der Waals surface area contributed by atoms with Crippen LogP contribution < -0.4 is 11.0 Å². The summed E-state index contributed by atoms with van der Waals surface area (Å²) in [7, 11) is 0. The van der Waals surface area contributed by atoms with E-state index in [-0.39, 0.29) is 0 Å². The molecule has 0 spiro atoms. The molecule has 4 N–H and O–H groups in total. The Morgan fingerprint density at radius 2 is 1.88 bits per heavy atom.